The first-order chi connectivity index (χ1) is 6.38. The molecule has 0 saturated carbocycles. The van der Waals surface area contributed by atoms with Crippen molar-refractivity contribution in [2.75, 3.05) is 34.2 Å². The van der Waals surface area contributed by atoms with E-state index in [2.05, 4.69) is 0 Å². The van der Waals surface area contributed by atoms with Crippen LogP contribution in [0.3, 0.4) is 0 Å². The van der Waals surface area contributed by atoms with Crippen LogP contribution in [0.1, 0.15) is 19.8 Å². The number of carbonyl (C=O) groups is 1. The van der Waals surface area contributed by atoms with Crippen LogP contribution in [0.5, 0.6) is 0 Å². The normalized spacial score (nSPS) is 7.67. The molecule has 0 aliphatic rings. The van der Waals surface area contributed by atoms with Crippen LogP contribution >= 0.6 is 0 Å². The third-order valence-corrected chi connectivity index (χ3v) is 0.658. The second-order valence-corrected chi connectivity index (χ2v) is 3.15. The van der Waals surface area contributed by atoms with Gasteiger partial charge in [-0.3, -0.25) is 4.79 Å². The summed E-state index contributed by atoms with van der Waals surface area (Å²) in [5.41, 5.74) is 10.3. The number of rotatable bonds is 3. The zero-order valence-electron chi connectivity index (χ0n) is 10.5. The molecule has 0 aromatic rings. The van der Waals surface area contributed by atoms with E-state index in [0.29, 0.717) is 0 Å². The van der Waals surface area contributed by atoms with Gasteiger partial charge in [0.2, 0.25) is 0 Å². The van der Waals surface area contributed by atoms with Gasteiger partial charge in [-0.15, -0.1) is 0 Å². The fourth-order valence-corrected chi connectivity index (χ4v) is 0.289. The quantitative estimate of drug-likeness (QED) is 0.504. The molecule has 6 nitrogen and oxygen atoms in total. The van der Waals surface area contributed by atoms with Crippen molar-refractivity contribution in [1.29, 1.82) is 0 Å². The minimum absolute atomic E-state index is 0. The van der Waals surface area contributed by atoms with Gasteiger partial charge in [-0.1, -0.05) is 0 Å². The van der Waals surface area contributed by atoms with Crippen LogP contribution in [-0.4, -0.2) is 50.2 Å². The molecule has 0 aromatic heterocycles. The number of unbranched alkanes of at least 4 members (excludes halogenated alkanes) is 1. The van der Waals surface area contributed by atoms with Crippen LogP contribution < -0.4 is 17.6 Å². The molecule has 0 aromatic carbocycles. The van der Waals surface area contributed by atoms with E-state index < -0.39 is 5.97 Å². The standard InChI is InChI=1S/C4H12N2.C3H9N.C2H4O2.H3N/c5-3-1-2-4-6;1-4(2)3;1-2(3)4;/h1-6H2;1-3H3;1H3,(H,3,4);1H3. The molecule has 0 amide bonds. The summed E-state index contributed by atoms with van der Waals surface area (Å²) in [7, 11) is 6.00. The lowest BCUT2D eigenvalue weighted by Crippen LogP contribution is -2.03. The minimum atomic E-state index is -0.833. The Balaban J connectivity index is -0.0000000606. The first kappa shape index (κ1) is 23.8. The van der Waals surface area contributed by atoms with Gasteiger partial charge in [-0.25, -0.2) is 0 Å². The molecule has 0 aliphatic carbocycles. The third kappa shape index (κ3) is 319. The molecule has 0 atom stereocenters. The predicted molar refractivity (Wildman–Crippen MR) is 65.3 cm³/mol. The molecule has 0 radical (unpaired) electrons. The lowest BCUT2D eigenvalue weighted by Gasteiger charge is -1.90. The molecular formula is C9H28N4O2. The summed E-state index contributed by atoms with van der Waals surface area (Å²) in [5, 5.41) is 7.42. The summed E-state index contributed by atoms with van der Waals surface area (Å²) in [5.74, 6) is -0.833. The van der Waals surface area contributed by atoms with Gasteiger partial charge in [0.15, 0.2) is 0 Å². The fourth-order valence-electron chi connectivity index (χ4n) is 0.289. The van der Waals surface area contributed by atoms with Gasteiger partial charge in [0.1, 0.15) is 0 Å². The average Bonchev–Trinajstić information content (AvgIpc) is 1.98. The van der Waals surface area contributed by atoms with Crippen molar-refractivity contribution in [2.24, 2.45) is 11.5 Å². The lowest BCUT2D eigenvalue weighted by molar-refractivity contribution is -0.134. The molecule has 0 aliphatic heterocycles. The van der Waals surface area contributed by atoms with Gasteiger partial charge in [-0.2, -0.15) is 0 Å². The molecule has 0 bridgehead atoms. The highest BCUT2D eigenvalue weighted by molar-refractivity contribution is 5.62. The summed E-state index contributed by atoms with van der Waals surface area (Å²) >= 11 is 0. The molecule has 0 spiro atoms. The van der Waals surface area contributed by atoms with Crippen LogP contribution in [0.2, 0.25) is 0 Å². The van der Waals surface area contributed by atoms with Gasteiger partial charge >= 0.3 is 0 Å². The van der Waals surface area contributed by atoms with Crippen molar-refractivity contribution in [1.82, 2.24) is 11.1 Å². The molecule has 0 heterocycles. The van der Waals surface area contributed by atoms with Crippen LogP contribution in [0, 0.1) is 0 Å². The zero-order valence-corrected chi connectivity index (χ0v) is 10.5. The molecule has 0 rings (SSSR count). The smallest absolute Gasteiger partial charge is 0.300 e. The molecule has 15 heavy (non-hydrogen) atoms. The van der Waals surface area contributed by atoms with E-state index >= 15 is 0 Å². The van der Waals surface area contributed by atoms with E-state index in [4.69, 9.17) is 21.4 Å². The molecule has 0 saturated heterocycles. The number of nitrogens with two attached hydrogens (primary N) is 2. The molecule has 0 fully saturated rings. The van der Waals surface area contributed by atoms with Crippen LogP contribution in [0.4, 0.5) is 0 Å². The number of hydrogen-bond donors (Lipinski definition) is 4. The third-order valence-electron chi connectivity index (χ3n) is 0.658. The Morgan fingerprint density at radius 3 is 1.33 bits per heavy atom. The Morgan fingerprint density at radius 2 is 1.27 bits per heavy atom. The second-order valence-electron chi connectivity index (χ2n) is 3.15. The molecule has 6 heteroatoms. The molecule has 96 valence electrons. The largest absolute Gasteiger partial charge is 0.481 e. The predicted octanol–water partition coefficient (Wildman–Crippen LogP) is 0.115. The number of carboxylic acid groups (broad SMARTS) is 1. The Hall–Kier alpha value is -0.690. The fraction of sp³-hybridized carbons (Fsp3) is 0.889. The topological polar surface area (TPSA) is 128 Å². The Labute approximate surface area is 93.2 Å². The van der Waals surface area contributed by atoms with Crippen LogP contribution in [-0.2, 0) is 4.79 Å². The van der Waals surface area contributed by atoms with Gasteiger partial charge in [0, 0.05) is 6.92 Å². The highest BCUT2D eigenvalue weighted by Gasteiger charge is 1.75. The van der Waals surface area contributed by atoms with Crippen molar-refractivity contribution in [3.8, 4) is 0 Å². The summed E-state index contributed by atoms with van der Waals surface area (Å²) in [6.07, 6.45) is 2.13. The van der Waals surface area contributed by atoms with E-state index in [1.807, 2.05) is 26.0 Å². The maximum atomic E-state index is 9.00. The Kier molecular flexibility index (Phi) is 37.0. The summed E-state index contributed by atoms with van der Waals surface area (Å²) in [6, 6.07) is 0. The van der Waals surface area contributed by atoms with E-state index in [9.17, 15) is 0 Å². The van der Waals surface area contributed by atoms with Crippen LogP contribution in [0.15, 0.2) is 0 Å². The van der Waals surface area contributed by atoms with Gasteiger partial charge < -0.3 is 27.6 Å². The highest BCUT2D eigenvalue weighted by Crippen LogP contribution is 1.77. The van der Waals surface area contributed by atoms with Crippen molar-refractivity contribution in [3.63, 3.8) is 0 Å². The van der Waals surface area contributed by atoms with Crippen molar-refractivity contribution < 1.29 is 9.90 Å². The van der Waals surface area contributed by atoms with Gasteiger partial charge in [0.05, 0.1) is 0 Å². The Morgan fingerprint density at radius 1 is 1.13 bits per heavy atom. The maximum absolute atomic E-state index is 9.00. The summed E-state index contributed by atoms with van der Waals surface area (Å²) < 4.78 is 0. The first-order valence-corrected chi connectivity index (χ1v) is 4.59. The maximum Gasteiger partial charge on any atom is 0.300 e. The number of hydrogen-bond acceptors (Lipinski definition) is 5. The van der Waals surface area contributed by atoms with E-state index in [0.717, 1.165) is 32.9 Å². The number of carboxylic acids is 1. The van der Waals surface area contributed by atoms with Crippen molar-refractivity contribution >= 4 is 5.97 Å². The van der Waals surface area contributed by atoms with Crippen molar-refractivity contribution in [2.45, 2.75) is 19.8 Å². The average molecular weight is 224 g/mol. The van der Waals surface area contributed by atoms with Crippen LogP contribution in [0.25, 0.3) is 0 Å². The summed E-state index contributed by atoms with van der Waals surface area (Å²) in [4.78, 5) is 11.0. The monoisotopic (exact) mass is 224 g/mol. The second kappa shape index (κ2) is 23.3. The summed E-state index contributed by atoms with van der Waals surface area (Å²) in [6.45, 7) is 2.63. The highest BCUT2D eigenvalue weighted by atomic mass is 16.4. The number of nitrogens with zero attached hydrogens (tertiary/aromatic N) is 1. The van der Waals surface area contributed by atoms with Crippen molar-refractivity contribution in [3.05, 3.63) is 0 Å². The van der Waals surface area contributed by atoms with E-state index in [1.54, 1.807) is 0 Å². The number of aliphatic carboxylic acids is 1. The van der Waals surface area contributed by atoms with E-state index in [-0.39, 0.29) is 6.15 Å². The SMILES string of the molecule is CC(=O)O.CN(C)C.N.NCCCCN. The lowest BCUT2D eigenvalue weighted by atomic mass is 10.3. The first-order valence-electron chi connectivity index (χ1n) is 4.59. The molecule has 8 N–H and O–H groups in total. The van der Waals surface area contributed by atoms with Gasteiger partial charge in [-0.05, 0) is 47.1 Å². The van der Waals surface area contributed by atoms with Gasteiger partial charge in [0.25, 0.3) is 5.97 Å². The molecular weight excluding hydrogens is 196 g/mol. The minimum Gasteiger partial charge on any atom is -0.481 e. The Bertz CT molecular complexity index is 99.5. The van der Waals surface area contributed by atoms with E-state index in [1.165, 1.54) is 0 Å². The molecule has 0 unspecified atom stereocenters. The zero-order chi connectivity index (χ0) is 12.0.